The summed E-state index contributed by atoms with van der Waals surface area (Å²) in [6.07, 6.45) is 4.74. The van der Waals surface area contributed by atoms with Gasteiger partial charge in [0.05, 0.1) is 11.5 Å². The van der Waals surface area contributed by atoms with Gasteiger partial charge in [-0.1, -0.05) is 6.42 Å². The second-order valence-electron chi connectivity index (χ2n) is 10.6. The molecule has 0 saturated carbocycles. The van der Waals surface area contributed by atoms with Gasteiger partial charge in [-0.25, -0.2) is 12.8 Å². The van der Waals surface area contributed by atoms with Gasteiger partial charge in [0.2, 0.25) is 15.9 Å². The first-order valence-corrected chi connectivity index (χ1v) is 14.7. The van der Waals surface area contributed by atoms with E-state index < -0.39 is 15.8 Å². The Hall–Kier alpha value is -1.59. The average Bonchev–Trinajstić information content (AvgIpc) is 2.84. The van der Waals surface area contributed by atoms with Crippen LogP contribution in [0.1, 0.15) is 43.2 Å². The highest BCUT2D eigenvalue weighted by molar-refractivity contribution is 7.89. The minimum atomic E-state index is -3.80. The van der Waals surface area contributed by atoms with E-state index in [0.717, 1.165) is 39.0 Å². The molecule has 0 aromatic heterocycles. The molecule has 8 nitrogen and oxygen atoms in total. The number of hydrogen-bond donors (Lipinski definition) is 0. The SMILES string of the molecule is Cc1cc(F)cc(C)c1S(=O)(=O)N1CCCCC1COCC(=O)N1CCN(C2CCN(C)CC2)CC1. The van der Waals surface area contributed by atoms with Crippen LogP contribution < -0.4 is 0 Å². The van der Waals surface area contributed by atoms with E-state index in [2.05, 4.69) is 16.8 Å². The number of sulfonamides is 1. The van der Waals surface area contributed by atoms with Gasteiger partial charge in [-0.15, -0.1) is 0 Å². The van der Waals surface area contributed by atoms with E-state index in [4.69, 9.17) is 4.74 Å². The van der Waals surface area contributed by atoms with Crippen molar-refractivity contribution < 1.29 is 22.3 Å². The third-order valence-corrected chi connectivity index (χ3v) is 10.2. The van der Waals surface area contributed by atoms with Crippen LogP contribution in [0.5, 0.6) is 0 Å². The molecule has 0 N–H and O–H groups in total. The predicted molar refractivity (Wildman–Crippen MR) is 137 cm³/mol. The van der Waals surface area contributed by atoms with Crippen molar-refractivity contribution in [1.29, 1.82) is 0 Å². The standard InChI is InChI=1S/C26H41FN4O4S/c1-20-16-22(27)17-21(2)26(20)36(33,34)31-9-5-4-6-24(31)18-35-19-25(32)30-14-12-29(13-15-30)23-7-10-28(3)11-8-23/h16-17,23-24H,4-15,18-19H2,1-3H3. The van der Waals surface area contributed by atoms with Gasteiger partial charge in [-0.05, 0) is 82.9 Å². The van der Waals surface area contributed by atoms with Crippen molar-refractivity contribution in [2.75, 3.05) is 66.1 Å². The number of carbonyl (C=O) groups is 1. The van der Waals surface area contributed by atoms with Crippen molar-refractivity contribution in [3.63, 3.8) is 0 Å². The van der Waals surface area contributed by atoms with Crippen LogP contribution in [0, 0.1) is 19.7 Å². The van der Waals surface area contributed by atoms with Crippen molar-refractivity contribution in [3.05, 3.63) is 29.1 Å². The summed E-state index contributed by atoms with van der Waals surface area (Å²) in [4.78, 5) is 19.7. The molecule has 3 fully saturated rings. The number of nitrogens with zero attached hydrogens (tertiary/aromatic N) is 4. The number of ether oxygens (including phenoxy) is 1. The Kier molecular flexibility index (Phi) is 9.04. The maximum absolute atomic E-state index is 13.8. The summed E-state index contributed by atoms with van der Waals surface area (Å²) >= 11 is 0. The number of benzene rings is 1. The number of carbonyl (C=O) groups excluding carboxylic acids is 1. The molecule has 202 valence electrons. The third-order valence-electron chi connectivity index (χ3n) is 7.97. The Bertz CT molecular complexity index is 998. The Morgan fingerprint density at radius 2 is 1.61 bits per heavy atom. The number of rotatable bonds is 7. The summed E-state index contributed by atoms with van der Waals surface area (Å²) in [7, 11) is -1.63. The van der Waals surface area contributed by atoms with Crippen LogP contribution in [0.25, 0.3) is 0 Å². The third kappa shape index (κ3) is 6.27. The summed E-state index contributed by atoms with van der Waals surface area (Å²) in [5.74, 6) is -0.471. The molecule has 0 spiro atoms. The molecule has 4 rings (SSSR count). The average molecular weight is 525 g/mol. The van der Waals surface area contributed by atoms with Crippen molar-refractivity contribution in [2.24, 2.45) is 0 Å². The summed E-state index contributed by atoms with van der Waals surface area (Å²) in [6.45, 7) is 9.27. The molecule has 3 aliphatic rings. The molecular formula is C26H41FN4O4S. The Balaban J connectivity index is 1.29. The lowest BCUT2D eigenvalue weighted by atomic mass is 10.0. The number of hydrogen-bond acceptors (Lipinski definition) is 6. The van der Waals surface area contributed by atoms with E-state index in [-0.39, 0.29) is 30.1 Å². The maximum atomic E-state index is 13.8. The minimum absolute atomic E-state index is 0.0338. The topological polar surface area (TPSA) is 73.4 Å². The Morgan fingerprint density at radius 3 is 2.25 bits per heavy atom. The van der Waals surface area contributed by atoms with Crippen molar-refractivity contribution in [1.82, 2.24) is 19.0 Å². The van der Waals surface area contributed by atoms with Gasteiger partial charge < -0.3 is 14.5 Å². The zero-order valence-electron chi connectivity index (χ0n) is 21.9. The van der Waals surface area contributed by atoms with E-state index in [0.29, 0.717) is 43.2 Å². The van der Waals surface area contributed by atoms with E-state index in [9.17, 15) is 17.6 Å². The maximum Gasteiger partial charge on any atom is 0.248 e. The largest absolute Gasteiger partial charge is 0.370 e. The lowest BCUT2D eigenvalue weighted by Gasteiger charge is -2.42. The fourth-order valence-electron chi connectivity index (χ4n) is 5.95. The number of piperidine rings is 2. The van der Waals surface area contributed by atoms with Crippen LogP contribution in [0.2, 0.25) is 0 Å². The van der Waals surface area contributed by atoms with Crippen LogP contribution >= 0.6 is 0 Å². The molecule has 0 bridgehead atoms. The Labute approximate surface area is 215 Å². The second kappa shape index (κ2) is 11.9. The van der Waals surface area contributed by atoms with Gasteiger partial charge in [-0.2, -0.15) is 4.31 Å². The molecule has 1 amide bonds. The van der Waals surface area contributed by atoms with Gasteiger partial charge in [0, 0.05) is 44.8 Å². The highest BCUT2D eigenvalue weighted by Gasteiger charge is 2.36. The molecule has 36 heavy (non-hydrogen) atoms. The zero-order valence-corrected chi connectivity index (χ0v) is 22.7. The molecule has 3 heterocycles. The number of halogens is 1. The van der Waals surface area contributed by atoms with E-state index in [1.165, 1.54) is 29.3 Å². The summed E-state index contributed by atoms with van der Waals surface area (Å²) in [5, 5.41) is 0. The lowest BCUT2D eigenvalue weighted by molar-refractivity contribution is -0.138. The van der Waals surface area contributed by atoms with Crippen LogP contribution in [0.15, 0.2) is 17.0 Å². The molecule has 1 atom stereocenters. The molecule has 3 aliphatic heterocycles. The highest BCUT2D eigenvalue weighted by atomic mass is 32.2. The van der Waals surface area contributed by atoms with Gasteiger partial charge >= 0.3 is 0 Å². The first-order chi connectivity index (χ1) is 17.2. The van der Waals surface area contributed by atoms with Crippen LogP contribution in [-0.2, 0) is 19.6 Å². The quantitative estimate of drug-likeness (QED) is 0.545. The fraction of sp³-hybridized carbons (Fsp3) is 0.731. The Morgan fingerprint density at radius 1 is 0.972 bits per heavy atom. The van der Waals surface area contributed by atoms with Gasteiger partial charge in [0.25, 0.3) is 0 Å². The van der Waals surface area contributed by atoms with E-state index in [1.54, 1.807) is 13.8 Å². The summed E-state index contributed by atoms with van der Waals surface area (Å²) < 4.78 is 48.2. The number of amides is 1. The molecule has 0 radical (unpaired) electrons. The molecule has 0 aliphatic carbocycles. The lowest BCUT2D eigenvalue weighted by Crippen LogP contribution is -2.54. The summed E-state index contributed by atoms with van der Waals surface area (Å²) in [5.41, 5.74) is 0.819. The molecule has 1 unspecified atom stereocenters. The number of aryl methyl sites for hydroxylation is 2. The van der Waals surface area contributed by atoms with E-state index in [1.807, 2.05) is 4.90 Å². The molecule has 1 aromatic rings. The van der Waals surface area contributed by atoms with Gasteiger partial charge in [0.15, 0.2) is 0 Å². The number of likely N-dealkylation sites (tertiary alicyclic amines) is 1. The van der Waals surface area contributed by atoms with Gasteiger partial charge in [0.1, 0.15) is 12.4 Å². The van der Waals surface area contributed by atoms with Crippen LogP contribution in [0.4, 0.5) is 4.39 Å². The van der Waals surface area contributed by atoms with Crippen LogP contribution in [0.3, 0.4) is 0 Å². The molecular weight excluding hydrogens is 483 g/mol. The van der Waals surface area contributed by atoms with Crippen molar-refractivity contribution >= 4 is 15.9 Å². The predicted octanol–water partition coefficient (Wildman–Crippen LogP) is 2.24. The summed E-state index contributed by atoms with van der Waals surface area (Å²) in [6, 6.07) is 2.81. The molecule has 10 heteroatoms. The highest BCUT2D eigenvalue weighted by Crippen LogP contribution is 2.30. The first kappa shape index (κ1) is 27.4. The zero-order chi connectivity index (χ0) is 25.9. The van der Waals surface area contributed by atoms with E-state index >= 15 is 0 Å². The second-order valence-corrected chi connectivity index (χ2v) is 12.4. The number of piperazine rings is 1. The molecule has 3 saturated heterocycles. The fourth-order valence-corrected chi connectivity index (χ4v) is 8.04. The monoisotopic (exact) mass is 524 g/mol. The van der Waals surface area contributed by atoms with Crippen molar-refractivity contribution in [2.45, 2.75) is 62.9 Å². The first-order valence-electron chi connectivity index (χ1n) is 13.2. The minimum Gasteiger partial charge on any atom is -0.370 e. The smallest absolute Gasteiger partial charge is 0.248 e. The normalized spacial score (nSPS) is 23.8. The molecule has 1 aromatic carbocycles. The van der Waals surface area contributed by atoms with Crippen LogP contribution in [-0.4, -0.2) is 111 Å². The van der Waals surface area contributed by atoms with Gasteiger partial charge in [-0.3, -0.25) is 9.69 Å². The van der Waals surface area contributed by atoms with Crippen molar-refractivity contribution in [3.8, 4) is 0 Å².